The Morgan fingerprint density at radius 3 is 3.00 bits per heavy atom. The van der Waals surface area contributed by atoms with Crippen molar-refractivity contribution in [3.63, 3.8) is 0 Å². The molecule has 1 aliphatic heterocycles. The van der Waals surface area contributed by atoms with Crippen LogP contribution in [0.4, 0.5) is 0 Å². The zero-order valence-electron chi connectivity index (χ0n) is 8.20. The van der Waals surface area contributed by atoms with Gasteiger partial charge in [0.15, 0.2) is 6.04 Å². The van der Waals surface area contributed by atoms with E-state index in [0.717, 1.165) is 16.8 Å². The molecule has 0 saturated heterocycles. The molecular formula is C11H10ClNO2. The van der Waals surface area contributed by atoms with Crippen molar-refractivity contribution in [3.8, 4) is 0 Å². The lowest BCUT2D eigenvalue weighted by atomic mass is 9.94. The molecule has 0 spiro atoms. The van der Waals surface area contributed by atoms with Crippen molar-refractivity contribution in [2.24, 2.45) is 4.99 Å². The van der Waals surface area contributed by atoms with Crippen LogP contribution in [0.1, 0.15) is 18.1 Å². The van der Waals surface area contributed by atoms with Gasteiger partial charge in [0.1, 0.15) is 0 Å². The first-order valence-corrected chi connectivity index (χ1v) is 5.01. The Balaban J connectivity index is 2.46. The first-order valence-electron chi connectivity index (χ1n) is 4.64. The van der Waals surface area contributed by atoms with Crippen LogP contribution in [0.25, 0.3) is 0 Å². The third-order valence-corrected chi connectivity index (χ3v) is 2.74. The Hall–Kier alpha value is -1.35. The lowest BCUT2D eigenvalue weighted by Gasteiger charge is -2.19. The summed E-state index contributed by atoms with van der Waals surface area (Å²) in [5.74, 6) is -0.880. The predicted octanol–water partition coefficient (Wildman–Crippen LogP) is 2.16. The molecule has 15 heavy (non-hydrogen) atoms. The fourth-order valence-electron chi connectivity index (χ4n) is 1.76. The monoisotopic (exact) mass is 223 g/mol. The van der Waals surface area contributed by atoms with E-state index in [1.54, 1.807) is 6.07 Å². The fraction of sp³-hybridized carbons (Fsp3) is 0.273. The maximum atomic E-state index is 10.8. The van der Waals surface area contributed by atoms with Gasteiger partial charge >= 0.3 is 5.97 Å². The van der Waals surface area contributed by atoms with Gasteiger partial charge in [-0.3, -0.25) is 4.99 Å². The molecule has 0 radical (unpaired) electrons. The van der Waals surface area contributed by atoms with Crippen molar-refractivity contribution in [1.29, 1.82) is 0 Å². The van der Waals surface area contributed by atoms with Crippen LogP contribution in [0.2, 0.25) is 5.02 Å². The lowest BCUT2D eigenvalue weighted by molar-refractivity contribution is -0.138. The van der Waals surface area contributed by atoms with Gasteiger partial charge in [-0.2, -0.15) is 0 Å². The van der Waals surface area contributed by atoms with E-state index in [1.165, 1.54) is 0 Å². The van der Waals surface area contributed by atoms with Gasteiger partial charge in [0.25, 0.3) is 0 Å². The Morgan fingerprint density at radius 2 is 2.33 bits per heavy atom. The molecule has 1 aromatic carbocycles. The van der Waals surface area contributed by atoms with Gasteiger partial charge in [0, 0.05) is 17.2 Å². The van der Waals surface area contributed by atoms with Gasteiger partial charge < -0.3 is 5.11 Å². The number of carbonyl (C=O) groups is 1. The van der Waals surface area contributed by atoms with E-state index in [1.807, 2.05) is 19.1 Å². The van der Waals surface area contributed by atoms with Crippen molar-refractivity contribution in [1.82, 2.24) is 0 Å². The number of aliphatic carboxylic acids is 1. The largest absolute Gasteiger partial charge is 0.480 e. The number of hydrogen-bond acceptors (Lipinski definition) is 2. The van der Waals surface area contributed by atoms with Crippen molar-refractivity contribution in [2.45, 2.75) is 19.4 Å². The average Bonchev–Trinajstić information content (AvgIpc) is 2.18. The van der Waals surface area contributed by atoms with Crippen LogP contribution >= 0.6 is 11.6 Å². The van der Waals surface area contributed by atoms with Gasteiger partial charge in [0.05, 0.1) is 0 Å². The SMILES string of the molecule is CC1=N[C@@H](C(=O)O)Cc2ccc(Cl)cc21. The molecular weight excluding hydrogens is 214 g/mol. The van der Waals surface area contributed by atoms with E-state index in [9.17, 15) is 4.79 Å². The summed E-state index contributed by atoms with van der Waals surface area (Å²) in [4.78, 5) is 15.0. The average molecular weight is 224 g/mol. The van der Waals surface area contributed by atoms with E-state index in [4.69, 9.17) is 16.7 Å². The van der Waals surface area contributed by atoms with E-state index in [-0.39, 0.29) is 0 Å². The quantitative estimate of drug-likeness (QED) is 0.793. The summed E-state index contributed by atoms with van der Waals surface area (Å²) in [5.41, 5.74) is 2.70. The number of carboxylic acid groups (broad SMARTS) is 1. The zero-order chi connectivity index (χ0) is 11.0. The maximum absolute atomic E-state index is 10.8. The molecule has 0 fully saturated rings. The summed E-state index contributed by atoms with van der Waals surface area (Å²) in [5, 5.41) is 9.55. The first-order chi connectivity index (χ1) is 7.08. The second kappa shape index (κ2) is 3.66. The van der Waals surface area contributed by atoms with Crippen molar-refractivity contribution < 1.29 is 9.90 Å². The highest BCUT2D eigenvalue weighted by molar-refractivity contribution is 6.31. The van der Waals surface area contributed by atoms with Crippen LogP contribution in [-0.2, 0) is 11.2 Å². The van der Waals surface area contributed by atoms with Crippen molar-refractivity contribution >= 4 is 23.3 Å². The summed E-state index contributed by atoms with van der Waals surface area (Å²) in [6, 6.07) is 4.82. The molecule has 1 aliphatic rings. The highest BCUT2D eigenvalue weighted by atomic mass is 35.5. The van der Waals surface area contributed by atoms with Crippen LogP contribution in [0.3, 0.4) is 0 Å². The molecule has 0 aliphatic carbocycles. The molecule has 78 valence electrons. The highest BCUT2D eigenvalue weighted by Gasteiger charge is 2.23. The topological polar surface area (TPSA) is 49.7 Å². The number of nitrogens with zero attached hydrogens (tertiary/aromatic N) is 1. The highest BCUT2D eigenvalue weighted by Crippen LogP contribution is 2.23. The molecule has 2 rings (SSSR count). The molecule has 1 atom stereocenters. The minimum absolute atomic E-state index is 0.444. The summed E-state index contributed by atoms with van der Waals surface area (Å²) in [6.45, 7) is 1.81. The number of hydrogen-bond donors (Lipinski definition) is 1. The normalized spacial score (nSPS) is 19.3. The maximum Gasteiger partial charge on any atom is 0.328 e. The van der Waals surface area contributed by atoms with Gasteiger partial charge in [-0.15, -0.1) is 0 Å². The molecule has 0 bridgehead atoms. The molecule has 3 nitrogen and oxygen atoms in total. The Labute approximate surface area is 92.4 Å². The summed E-state index contributed by atoms with van der Waals surface area (Å²) < 4.78 is 0. The molecule has 4 heteroatoms. The smallest absolute Gasteiger partial charge is 0.328 e. The molecule has 0 aromatic heterocycles. The van der Waals surface area contributed by atoms with Crippen molar-refractivity contribution in [2.75, 3.05) is 0 Å². The summed E-state index contributed by atoms with van der Waals surface area (Å²) >= 11 is 5.87. The first kappa shape index (κ1) is 10.2. The summed E-state index contributed by atoms with van der Waals surface area (Å²) in [7, 11) is 0. The number of halogens is 1. The van der Waals surface area contributed by atoms with Gasteiger partial charge in [-0.05, 0) is 30.2 Å². The second-order valence-electron chi connectivity index (χ2n) is 3.57. The van der Waals surface area contributed by atoms with E-state index >= 15 is 0 Å². The molecule has 0 saturated carbocycles. The molecule has 1 heterocycles. The molecule has 0 unspecified atom stereocenters. The minimum atomic E-state index is -0.880. The number of rotatable bonds is 1. The van der Waals surface area contributed by atoms with E-state index < -0.39 is 12.0 Å². The van der Waals surface area contributed by atoms with Crippen molar-refractivity contribution in [3.05, 3.63) is 34.3 Å². The fourth-order valence-corrected chi connectivity index (χ4v) is 1.94. The molecule has 0 amide bonds. The number of fused-ring (bicyclic) bond motifs is 1. The van der Waals surface area contributed by atoms with Gasteiger partial charge in [-0.1, -0.05) is 17.7 Å². The van der Waals surface area contributed by atoms with E-state index in [0.29, 0.717) is 11.4 Å². The van der Waals surface area contributed by atoms with Crippen LogP contribution in [-0.4, -0.2) is 22.8 Å². The summed E-state index contributed by atoms with van der Waals surface area (Å²) in [6.07, 6.45) is 0.444. The Kier molecular flexibility index (Phi) is 2.49. The minimum Gasteiger partial charge on any atom is -0.480 e. The van der Waals surface area contributed by atoms with Crippen LogP contribution in [0.15, 0.2) is 23.2 Å². The third kappa shape index (κ3) is 1.88. The molecule has 1 N–H and O–H groups in total. The van der Waals surface area contributed by atoms with Crippen LogP contribution < -0.4 is 0 Å². The van der Waals surface area contributed by atoms with Gasteiger partial charge in [-0.25, -0.2) is 4.79 Å². The zero-order valence-corrected chi connectivity index (χ0v) is 8.95. The Bertz CT molecular complexity index is 454. The lowest BCUT2D eigenvalue weighted by Crippen LogP contribution is -2.26. The Morgan fingerprint density at radius 1 is 1.60 bits per heavy atom. The predicted molar refractivity (Wildman–Crippen MR) is 58.8 cm³/mol. The number of aliphatic imine (C=N–C) groups is 1. The van der Waals surface area contributed by atoms with Gasteiger partial charge in [0.2, 0.25) is 0 Å². The molecule has 1 aromatic rings. The van der Waals surface area contributed by atoms with Crippen LogP contribution in [0.5, 0.6) is 0 Å². The second-order valence-corrected chi connectivity index (χ2v) is 4.01. The number of benzene rings is 1. The number of carboxylic acids is 1. The third-order valence-electron chi connectivity index (χ3n) is 2.51. The standard InChI is InChI=1S/C11H10ClNO2/c1-6-9-5-8(12)3-2-7(9)4-10(13-6)11(14)15/h2-3,5,10H,4H2,1H3,(H,14,15)/t10-/m1/s1. The van der Waals surface area contributed by atoms with E-state index in [2.05, 4.69) is 4.99 Å². The van der Waals surface area contributed by atoms with Crippen LogP contribution in [0, 0.1) is 0 Å².